The maximum absolute atomic E-state index is 12.8. The van der Waals surface area contributed by atoms with E-state index in [-0.39, 0.29) is 23.8 Å². The van der Waals surface area contributed by atoms with Gasteiger partial charge in [-0.15, -0.1) is 0 Å². The van der Waals surface area contributed by atoms with Crippen LogP contribution in [-0.4, -0.2) is 78.5 Å². The van der Waals surface area contributed by atoms with Gasteiger partial charge in [0.05, 0.1) is 12.9 Å². The van der Waals surface area contributed by atoms with E-state index in [1.54, 1.807) is 21.9 Å². The monoisotopic (exact) mass is 391 g/mol. The van der Waals surface area contributed by atoms with Crippen LogP contribution in [0.4, 0.5) is 4.79 Å². The van der Waals surface area contributed by atoms with Gasteiger partial charge in [-0.2, -0.15) is 0 Å². The van der Waals surface area contributed by atoms with Gasteiger partial charge in [0.15, 0.2) is 5.76 Å². The van der Waals surface area contributed by atoms with Gasteiger partial charge in [0.1, 0.15) is 0 Å². The lowest BCUT2D eigenvalue weighted by Gasteiger charge is -2.38. The van der Waals surface area contributed by atoms with E-state index >= 15 is 0 Å². The van der Waals surface area contributed by atoms with Crippen LogP contribution >= 0.6 is 0 Å². The number of hydrogen-bond acceptors (Lipinski definition) is 5. The number of nitrogens with zero attached hydrogens (tertiary/aromatic N) is 3. The predicted molar refractivity (Wildman–Crippen MR) is 102 cm³/mol. The Morgan fingerprint density at radius 3 is 2.25 bits per heavy atom. The third-order valence-corrected chi connectivity index (χ3v) is 5.25. The van der Waals surface area contributed by atoms with Crippen LogP contribution in [0.2, 0.25) is 0 Å². The van der Waals surface area contributed by atoms with Crippen molar-refractivity contribution in [3.05, 3.63) is 24.2 Å². The summed E-state index contributed by atoms with van der Waals surface area (Å²) in [6, 6.07) is 3.35. The van der Waals surface area contributed by atoms with Gasteiger partial charge < -0.3 is 23.9 Å². The maximum Gasteiger partial charge on any atom is 0.409 e. The van der Waals surface area contributed by atoms with Crippen LogP contribution in [0.5, 0.6) is 0 Å². The Labute approximate surface area is 165 Å². The smallest absolute Gasteiger partial charge is 0.409 e. The number of likely N-dealkylation sites (tertiary alicyclic amines) is 1. The Morgan fingerprint density at radius 1 is 1.04 bits per heavy atom. The lowest BCUT2D eigenvalue weighted by molar-refractivity contribution is -0.138. The van der Waals surface area contributed by atoms with Gasteiger partial charge in [0.25, 0.3) is 5.91 Å². The molecule has 1 aromatic heterocycles. The maximum atomic E-state index is 12.8. The lowest BCUT2D eigenvalue weighted by atomic mass is 9.94. The van der Waals surface area contributed by atoms with Crippen LogP contribution < -0.4 is 0 Å². The molecule has 8 nitrogen and oxygen atoms in total. The molecule has 0 unspecified atom stereocenters. The molecular formula is C20H29N3O5. The first-order valence-electron chi connectivity index (χ1n) is 9.99. The topological polar surface area (TPSA) is 83.3 Å². The molecule has 2 saturated heterocycles. The molecule has 0 atom stereocenters. The molecule has 1 aromatic rings. The van der Waals surface area contributed by atoms with E-state index in [1.807, 2.05) is 18.7 Å². The van der Waals surface area contributed by atoms with Crippen molar-refractivity contribution < 1.29 is 23.5 Å². The summed E-state index contributed by atoms with van der Waals surface area (Å²) in [5.41, 5.74) is 0. The van der Waals surface area contributed by atoms with Gasteiger partial charge in [-0.05, 0) is 30.9 Å². The highest BCUT2D eigenvalue weighted by atomic mass is 16.6. The van der Waals surface area contributed by atoms with Crippen molar-refractivity contribution in [3.8, 4) is 0 Å². The molecular weight excluding hydrogens is 362 g/mol. The fraction of sp³-hybridized carbons (Fsp3) is 0.650. The molecule has 0 aliphatic carbocycles. The lowest BCUT2D eigenvalue weighted by Crippen LogP contribution is -2.53. The van der Waals surface area contributed by atoms with Crippen molar-refractivity contribution in [2.24, 2.45) is 11.8 Å². The summed E-state index contributed by atoms with van der Waals surface area (Å²) in [6.45, 7) is 7.57. The highest BCUT2D eigenvalue weighted by molar-refractivity contribution is 5.91. The van der Waals surface area contributed by atoms with Crippen LogP contribution in [-0.2, 0) is 9.53 Å². The minimum Gasteiger partial charge on any atom is -0.459 e. The van der Waals surface area contributed by atoms with Crippen LogP contribution in [0.1, 0.15) is 37.2 Å². The minimum atomic E-state index is -0.300. The van der Waals surface area contributed by atoms with Crippen LogP contribution in [0.15, 0.2) is 22.8 Å². The van der Waals surface area contributed by atoms with E-state index in [0.717, 1.165) is 0 Å². The number of furan rings is 1. The molecule has 2 fully saturated rings. The third kappa shape index (κ3) is 4.85. The van der Waals surface area contributed by atoms with Gasteiger partial charge in [-0.25, -0.2) is 4.79 Å². The second-order valence-corrected chi connectivity index (χ2v) is 7.83. The van der Waals surface area contributed by atoms with Gasteiger partial charge in [0.2, 0.25) is 5.91 Å². The van der Waals surface area contributed by atoms with Gasteiger partial charge in [0, 0.05) is 45.2 Å². The molecule has 0 bridgehead atoms. The SMILES string of the molecule is CC(C)COC(=O)N1CCN(C(=O)C2CCN(C(=O)c3ccco3)CC2)CC1. The van der Waals surface area contributed by atoms with Gasteiger partial charge in [-0.1, -0.05) is 13.8 Å². The molecule has 3 amide bonds. The highest BCUT2D eigenvalue weighted by Gasteiger charge is 2.33. The second-order valence-electron chi connectivity index (χ2n) is 7.83. The van der Waals surface area contributed by atoms with E-state index in [9.17, 15) is 14.4 Å². The molecule has 3 rings (SSSR count). The van der Waals surface area contributed by atoms with Gasteiger partial charge in [-0.3, -0.25) is 9.59 Å². The first kappa shape index (κ1) is 20.2. The Bertz CT molecular complexity index is 672. The third-order valence-electron chi connectivity index (χ3n) is 5.25. The molecule has 2 aliphatic heterocycles. The molecule has 28 heavy (non-hydrogen) atoms. The summed E-state index contributed by atoms with van der Waals surface area (Å²) >= 11 is 0. The van der Waals surface area contributed by atoms with E-state index in [4.69, 9.17) is 9.15 Å². The number of piperidine rings is 1. The number of ether oxygens (including phenoxy) is 1. The fourth-order valence-corrected chi connectivity index (χ4v) is 3.58. The number of hydrogen-bond donors (Lipinski definition) is 0. The molecule has 0 saturated carbocycles. The number of carbonyl (C=O) groups is 3. The summed E-state index contributed by atoms with van der Waals surface area (Å²) in [5, 5.41) is 0. The summed E-state index contributed by atoms with van der Waals surface area (Å²) in [7, 11) is 0. The second kappa shape index (κ2) is 9.12. The molecule has 154 valence electrons. The van der Waals surface area contributed by atoms with E-state index in [2.05, 4.69) is 0 Å². The van der Waals surface area contributed by atoms with Crippen molar-refractivity contribution in [1.82, 2.24) is 14.7 Å². The van der Waals surface area contributed by atoms with Crippen molar-refractivity contribution in [2.75, 3.05) is 45.9 Å². The molecule has 0 spiro atoms. The Balaban J connectivity index is 1.42. The molecule has 2 aliphatic rings. The Morgan fingerprint density at radius 2 is 1.68 bits per heavy atom. The van der Waals surface area contributed by atoms with Crippen molar-refractivity contribution in [1.29, 1.82) is 0 Å². The zero-order valence-electron chi connectivity index (χ0n) is 16.6. The van der Waals surface area contributed by atoms with Crippen LogP contribution in [0.3, 0.4) is 0 Å². The summed E-state index contributed by atoms with van der Waals surface area (Å²) in [4.78, 5) is 42.4. The first-order valence-corrected chi connectivity index (χ1v) is 9.99. The summed E-state index contributed by atoms with van der Waals surface area (Å²) in [6.07, 6.45) is 2.50. The average Bonchev–Trinajstić information content (AvgIpc) is 3.26. The normalized spacial score (nSPS) is 18.5. The summed E-state index contributed by atoms with van der Waals surface area (Å²) in [5.74, 6) is 0.576. The predicted octanol–water partition coefficient (Wildman–Crippen LogP) is 2.07. The fourth-order valence-electron chi connectivity index (χ4n) is 3.58. The Kier molecular flexibility index (Phi) is 6.59. The van der Waals surface area contributed by atoms with Crippen molar-refractivity contribution in [2.45, 2.75) is 26.7 Å². The van der Waals surface area contributed by atoms with E-state index in [1.165, 1.54) is 6.26 Å². The van der Waals surface area contributed by atoms with E-state index in [0.29, 0.717) is 70.4 Å². The zero-order valence-corrected chi connectivity index (χ0v) is 16.6. The van der Waals surface area contributed by atoms with Crippen LogP contribution in [0, 0.1) is 11.8 Å². The van der Waals surface area contributed by atoms with Crippen LogP contribution in [0.25, 0.3) is 0 Å². The zero-order chi connectivity index (χ0) is 20.1. The summed E-state index contributed by atoms with van der Waals surface area (Å²) < 4.78 is 10.4. The number of piperazine rings is 1. The number of carbonyl (C=O) groups excluding carboxylic acids is 3. The number of rotatable bonds is 4. The highest BCUT2D eigenvalue weighted by Crippen LogP contribution is 2.22. The van der Waals surface area contributed by atoms with Gasteiger partial charge >= 0.3 is 6.09 Å². The molecule has 8 heteroatoms. The minimum absolute atomic E-state index is 0.0694. The largest absolute Gasteiger partial charge is 0.459 e. The first-order chi connectivity index (χ1) is 13.5. The number of amides is 3. The molecule has 3 heterocycles. The van der Waals surface area contributed by atoms with Crippen molar-refractivity contribution >= 4 is 17.9 Å². The van der Waals surface area contributed by atoms with E-state index < -0.39 is 0 Å². The van der Waals surface area contributed by atoms with Crippen molar-refractivity contribution in [3.63, 3.8) is 0 Å². The standard InChI is InChI=1S/C20H29N3O5/c1-15(2)14-28-20(26)23-11-9-22(10-12-23)18(24)16-5-7-21(8-6-16)19(25)17-4-3-13-27-17/h3-4,13,15-16H,5-12,14H2,1-2H3. The average molecular weight is 391 g/mol. The molecule has 0 radical (unpaired) electrons. The molecule has 0 N–H and O–H groups in total. The quantitative estimate of drug-likeness (QED) is 0.785. The Hall–Kier alpha value is -2.51. The molecule has 0 aromatic carbocycles.